The fraction of sp³-hybridized carbons (Fsp3) is 0.409. The Morgan fingerprint density at radius 1 is 1.23 bits per heavy atom. The number of hydrogen-bond donors (Lipinski definition) is 0. The number of amides is 1. The normalized spacial score (nSPS) is 16.1. The molecule has 0 saturated heterocycles. The molecule has 162 valence electrons. The van der Waals surface area contributed by atoms with Crippen LogP contribution < -0.4 is 9.64 Å². The third kappa shape index (κ3) is 4.40. The van der Waals surface area contributed by atoms with Crippen LogP contribution in [0.25, 0.3) is 0 Å². The number of aryl methyl sites for hydroxylation is 1. The van der Waals surface area contributed by atoms with Crippen molar-refractivity contribution in [3.05, 3.63) is 52.0 Å². The third-order valence-corrected chi connectivity index (χ3v) is 7.68. The van der Waals surface area contributed by atoms with Crippen molar-refractivity contribution in [2.24, 2.45) is 0 Å². The molecule has 0 aromatic heterocycles. The molecule has 1 aliphatic rings. The summed E-state index contributed by atoms with van der Waals surface area (Å²) in [5.41, 5.74) is 2.67. The van der Waals surface area contributed by atoms with Crippen molar-refractivity contribution in [3.8, 4) is 5.75 Å². The first kappa shape index (κ1) is 22.8. The number of sulfonamides is 1. The van der Waals surface area contributed by atoms with Crippen molar-refractivity contribution in [1.29, 1.82) is 0 Å². The Morgan fingerprint density at radius 2 is 1.97 bits per heavy atom. The highest BCUT2D eigenvalue weighted by Gasteiger charge is 2.34. The van der Waals surface area contributed by atoms with E-state index in [0.717, 1.165) is 27.7 Å². The standard InChI is InChI=1S/C22H27BrN2O4S/c1-5-24(30(27,28)19-8-10-21(29-6-2)15(3)11-19)14-22(26)25-16(4)12-17-13-18(23)7-9-20(17)25/h7-11,13,16H,5-6,12,14H2,1-4H3. The van der Waals surface area contributed by atoms with Crippen molar-refractivity contribution < 1.29 is 17.9 Å². The largest absolute Gasteiger partial charge is 0.494 e. The highest BCUT2D eigenvalue weighted by molar-refractivity contribution is 9.10. The summed E-state index contributed by atoms with van der Waals surface area (Å²) in [6.45, 7) is 7.92. The van der Waals surface area contributed by atoms with Gasteiger partial charge in [0.25, 0.3) is 0 Å². The van der Waals surface area contributed by atoms with Crippen LogP contribution in [-0.2, 0) is 21.2 Å². The van der Waals surface area contributed by atoms with Gasteiger partial charge in [-0.3, -0.25) is 4.79 Å². The van der Waals surface area contributed by atoms with E-state index >= 15 is 0 Å². The molecule has 6 nitrogen and oxygen atoms in total. The number of halogens is 1. The molecule has 0 saturated carbocycles. The van der Waals surface area contributed by atoms with E-state index in [9.17, 15) is 13.2 Å². The Bertz CT molecular complexity index is 1060. The average Bonchev–Trinajstić information content (AvgIpc) is 3.02. The molecular weight excluding hydrogens is 468 g/mol. The molecule has 0 bridgehead atoms. The van der Waals surface area contributed by atoms with Gasteiger partial charge < -0.3 is 9.64 Å². The van der Waals surface area contributed by atoms with Crippen molar-refractivity contribution in [2.45, 2.75) is 45.1 Å². The maximum absolute atomic E-state index is 13.2. The van der Waals surface area contributed by atoms with Crippen LogP contribution in [0.2, 0.25) is 0 Å². The van der Waals surface area contributed by atoms with E-state index in [1.165, 1.54) is 10.4 Å². The Hall–Kier alpha value is -1.90. The van der Waals surface area contributed by atoms with Crippen molar-refractivity contribution in [1.82, 2.24) is 4.31 Å². The molecule has 0 fully saturated rings. The molecular formula is C22H27BrN2O4S. The molecule has 0 N–H and O–H groups in total. The van der Waals surface area contributed by atoms with Crippen molar-refractivity contribution in [3.63, 3.8) is 0 Å². The zero-order valence-corrected chi connectivity index (χ0v) is 20.1. The number of rotatable bonds is 7. The zero-order valence-electron chi connectivity index (χ0n) is 17.7. The summed E-state index contributed by atoms with van der Waals surface area (Å²) in [5, 5.41) is 0. The minimum absolute atomic E-state index is 0.0177. The highest BCUT2D eigenvalue weighted by atomic mass is 79.9. The SMILES string of the molecule is CCOc1ccc(S(=O)(=O)N(CC)CC(=O)N2c3ccc(Br)cc3CC2C)cc1C. The maximum Gasteiger partial charge on any atom is 0.243 e. The number of nitrogens with zero attached hydrogens (tertiary/aromatic N) is 2. The predicted octanol–water partition coefficient (Wildman–Crippen LogP) is 4.14. The number of anilines is 1. The Kier molecular flexibility index (Phi) is 6.89. The van der Waals surface area contributed by atoms with Gasteiger partial charge in [-0.05, 0) is 74.7 Å². The second-order valence-electron chi connectivity index (χ2n) is 7.38. The van der Waals surface area contributed by atoms with Crippen molar-refractivity contribution >= 4 is 37.5 Å². The van der Waals surface area contributed by atoms with Gasteiger partial charge in [-0.1, -0.05) is 22.9 Å². The van der Waals surface area contributed by atoms with E-state index in [4.69, 9.17) is 4.74 Å². The molecule has 1 atom stereocenters. The van der Waals surface area contributed by atoms with Gasteiger partial charge in [0.2, 0.25) is 15.9 Å². The minimum atomic E-state index is -3.81. The number of benzene rings is 2. The number of fused-ring (bicyclic) bond motifs is 1. The summed E-state index contributed by atoms with van der Waals surface area (Å²) in [7, 11) is -3.81. The van der Waals surface area contributed by atoms with Crippen LogP contribution in [0.15, 0.2) is 45.8 Å². The van der Waals surface area contributed by atoms with Gasteiger partial charge in [-0.2, -0.15) is 4.31 Å². The van der Waals surface area contributed by atoms with E-state index in [1.54, 1.807) is 24.0 Å². The van der Waals surface area contributed by atoms with E-state index in [0.29, 0.717) is 12.4 Å². The molecule has 3 rings (SSSR count). The zero-order chi connectivity index (χ0) is 22.1. The highest BCUT2D eigenvalue weighted by Crippen LogP contribution is 2.34. The Labute approximate surface area is 187 Å². The third-order valence-electron chi connectivity index (χ3n) is 5.27. The molecule has 0 radical (unpaired) electrons. The van der Waals surface area contributed by atoms with Crippen LogP contribution in [0.5, 0.6) is 5.75 Å². The number of ether oxygens (including phenoxy) is 1. The molecule has 2 aromatic rings. The smallest absolute Gasteiger partial charge is 0.243 e. The van der Waals surface area contributed by atoms with Crippen LogP contribution in [0, 0.1) is 6.92 Å². The van der Waals surface area contributed by atoms with E-state index in [1.807, 2.05) is 39.0 Å². The van der Waals surface area contributed by atoms with Crippen molar-refractivity contribution in [2.75, 3.05) is 24.6 Å². The van der Waals surface area contributed by atoms with Gasteiger partial charge >= 0.3 is 0 Å². The van der Waals surface area contributed by atoms with Crippen LogP contribution in [-0.4, -0.2) is 44.4 Å². The lowest BCUT2D eigenvalue weighted by Gasteiger charge is -2.27. The Morgan fingerprint density at radius 3 is 2.60 bits per heavy atom. The molecule has 1 heterocycles. The van der Waals surface area contributed by atoms with E-state index in [-0.39, 0.29) is 29.9 Å². The summed E-state index contributed by atoms with van der Waals surface area (Å²) < 4.78 is 34.1. The summed E-state index contributed by atoms with van der Waals surface area (Å²) in [6.07, 6.45) is 0.747. The lowest BCUT2D eigenvalue weighted by atomic mass is 10.1. The second-order valence-corrected chi connectivity index (χ2v) is 10.2. The first-order valence-corrected chi connectivity index (χ1v) is 12.3. The topological polar surface area (TPSA) is 66.9 Å². The lowest BCUT2D eigenvalue weighted by molar-refractivity contribution is -0.119. The number of carbonyl (C=O) groups excluding carboxylic acids is 1. The quantitative estimate of drug-likeness (QED) is 0.579. The minimum Gasteiger partial charge on any atom is -0.494 e. The molecule has 0 spiro atoms. The number of carbonyl (C=O) groups is 1. The van der Waals surface area contributed by atoms with Gasteiger partial charge in [0.1, 0.15) is 5.75 Å². The molecule has 2 aromatic carbocycles. The summed E-state index contributed by atoms with van der Waals surface area (Å²) >= 11 is 3.47. The van der Waals surface area contributed by atoms with E-state index in [2.05, 4.69) is 15.9 Å². The number of hydrogen-bond acceptors (Lipinski definition) is 4. The first-order valence-electron chi connectivity index (χ1n) is 10.0. The molecule has 0 aliphatic carbocycles. The summed E-state index contributed by atoms with van der Waals surface area (Å²) in [4.78, 5) is 15.0. The van der Waals surface area contributed by atoms with Gasteiger partial charge in [-0.15, -0.1) is 0 Å². The summed E-state index contributed by atoms with van der Waals surface area (Å²) in [6, 6.07) is 10.6. The fourth-order valence-corrected chi connectivity index (χ4v) is 5.72. The molecule has 1 amide bonds. The maximum atomic E-state index is 13.2. The Balaban J connectivity index is 1.84. The average molecular weight is 495 g/mol. The second kappa shape index (κ2) is 9.08. The van der Waals surface area contributed by atoms with Crippen LogP contribution >= 0.6 is 15.9 Å². The van der Waals surface area contributed by atoms with Gasteiger partial charge in [0.05, 0.1) is 18.0 Å². The number of likely N-dealkylation sites (N-methyl/N-ethyl adjacent to an activating group) is 1. The van der Waals surface area contributed by atoms with Gasteiger partial charge in [0, 0.05) is 22.7 Å². The van der Waals surface area contributed by atoms with Gasteiger partial charge in [0.15, 0.2) is 0 Å². The summed E-state index contributed by atoms with van der Waals surface area (Å²) in [5.74, 6) is 0.431. The van der Waals surface area contributed by atoms with Crippen LogP contribution in [0.3, 0.4) is 0 Å². The monoisotopic (exact) mass is 494 g/mol. The first-order chi connectivity index (χ1) is 14.2. The fourth-order valence-electron chi connectivity index (χ4n) is 3.82. The predicted molar refractivity (Wildman–Crippen MR) is 122 cm³/mol. The van der Waals surface area contributed by atoms with E-state index < -0.39 is 10.0 Å². The molecule has 30 heavy (non-hydrogen) atoms. The molecule has 1 aliphatic heterocycles. The molecule has 8 heteroatoms. The van der Waals surface area contributed by atoms with Gasteiger partial charge in [-0.25, -0.2) is 8.42 Å². The lowest BCUT2D eigenvalue weighted by Crippen LogP contribution is -2.45. The van der Waals surface area contributed by atoms with Crippen LogP contribution in [0.4, 0.5) is 5.69 Å². The van der Waals surface area contributed by atoms with Crippen LogP contribution in [0.1, 0.15) is 31.9 Å². The molecule has 1 unspecified atom stereocenters.